The van der Waals surface area contributed by atoms with Gasteiger partial charge >= 0.3 is 39.3 Å². The van der Waals surface area contributed by atoms with Crippen molar-refractivity contribution in [1.82, 2.24) is 29.5 Å². The Hall–Kier alpha value is -13.0. The quantitative estimate of drug-likeness (QED) is 0.00909. The number of halogens is 9. The number of hydrogen-bond donors (Lipinski definition) is 4. The van der Waals surface area contributed by atoms with E-state index in [9.17, 15) is 93.8 Å². The molecule has 0 bridgehead atoms. The number of rotatable bonds is 41. The summed E-state index contributed by atoms with van der Waals surface area (Å²) in [6, 6.07) is 52.8. The zero-order valence-corrected chi connectivity index (χ0v) is 90.2. The second kappa shape index (κ2) is 55.9. The average Bonchev–Trinajstić information content (AvgIpc) is 1.60. The van der Waals surface area contributed by atoms with Crippen molar-refractivity contribution in [3.05, 3.63) is 323 Å². The van der Waals surface area contributed by atoms with E-state index in [2.05, 4.69) is 59.8 Å². The van der Waals surface area contributed by atoms with Crippen molar-refractivity contribution in [2.75, 3.05) is 80.2 Å². The molecule has 0 spiro atoms. The number of sulfone groups is 4. The summed E-state index contributed by atoms with van der Waals surface area (Å²) in [5.74, 6) is -3.80. The first-order chi connectivity index (χ1) is 68.9. The Balaban J connectivity index is 0.000000258. The van der Waals surface area contributed by atoms with E-state index < -0.39 is 118 Å². The van der Waals surface area contributed by atoms with E-state index in [1.165, 1.54) is 77.6 Å². The van der Waals surface area contributed by atoms with Crippen LogP contribution in [0.5, 0.6) is 46.0 Å². The maximum atomic E-state index is 13.2. The van der Waals surface area contributed by atoms with Crippen LogP contribution in [0.2, 0.25) is 0 Å². The maximum Gasteiger partial charge on any atom is 0.488 e. The zero-order chi connectivity index (χ0) is 107. The third kappa shape index (κ3) is 35.7. The van der Waals surface area contributed by atoms with Crippen molar-refractivity contribution < 1.29 is 148 Å². The molecule has 0 aliphatic carbocycles. The number of ether oxygens (including phenoxy) is 8. The number of H-pyrrole nitrogens is 1. The third-order valence-electron chi connectivity index (χ3n) is 22.2. The van der Waals surface area contributed by atoms with Crippen LogP contribution in [-0.2, 0) is 79.7 Å². The number of nitrogen functional groups attached to an aromatic ring is 1. The first kappa shape index (κ1) is 122. The predicted octanol–water partition coefficient (Wildman–Crippen LogP) is 18.9. The number of alkyl halides is 8. The number of nitrogens with zero attached hydrogens (tertiary/aromatic N) is 7. The van der Waals surface area contributed by atoms with Crippen LogP contribution >= 0.6 is 15.9 Å². The van der Waals surface area contributed by atoms with Gasteiger partial charge < -0.3 is 66.1 Å². The SMILES string of the molecule is CCOc1cc(C(CS(C)(=O)=O)n2c(=O)[nH]c3c(C)c(-c4ccccc4)cnc32)ccc1OC(F)F.CCOc1cc(C(Cc2ncc(-c3ccccc3)c(C)c2N)CS(C)(=O)=O)ccc1OC(F)F.CCOc1cc(C(Cc2ncc(-c3ccccc3)c(C)c2[N+](=O)[O-])CS(C)(=O)=O)ccc1OC(F)F.CCOc1cc(C(Cc2ncc(Br)c(C)c2[N+](=O)[O-])CS(C)(=O)=O)ccc1OC(F)F.OB(O)c1ccccc1.[CH3-].[W]. The smallest absolute Gasteiger partial charge is 0.488 e. The number of aromatic nitrogens is 6. The molecule has 794 valence electrons. The number of aromatic amines is 1. The normalized spacial score (nSPS) is 12.2. The largest absolute Gasteiger partial charge is 0.490 e. The molecular weight excluding hydrogens is 2260 g/mol. The second-order valence-electron chi connectivity index (χ2n) is 33.1. The Morgan fingerprint density at radius 1 is 0.419 bits per heavy atom. The average molecular weight is 2370 g/mol. The van der Waals surface area contributed by atoms with E-state index in [1.807, 2.05) is 111 Å². The summed E-state index contributed by atoms with van der Waals surface area (Å²) in [4.78, 5) is 56.1. The monoisotopic (exact) mass is 2370 g/mol. The molecule has 32 nitrogen and oxygen atoms in total. The molecular formula is C101H110BBrF8N9O23S4W-. The third-order valence-corrected chi connectivity index (χ3v) is 27.0. The number of nitrogens with one attached hydrogen (secondary N) is 1. The zero-order valence-electron chi connectivity index (χ0n) is 82.4. The van der Waals surface area contributed by atoms with Gasteiger partial charge in [0.15, 0.2) is 51.6 Å². The van der Waals surface area contributed by atoms with Gasteiger partial charge in [0.05, 0.1) is 82.2 Å². The minimum absolute atomic E-state index is 0. The fourth-order valence-corrected chi connectivity index (χ4v) is 20.2. The minimum atomic E-state index is -3.59. The molecule has 4 unspecified atom stereocenters. The van der Waals surface area contributed by atoms with E-state index in [0.29, 0.717) is 65.8 Å². The second-order valence-corrected chi connectivity index (χ2v) is 42.7. The first-order valence-corrected chi connectivity index (χ1v) is 53.8. The molecule has 5 N–H and O–H groups in total. The van der Waals surface area contributed by atoms with E-state index >= 15 is 0 Å². The molecule has 0 saturated carbocycles. The van der Waals surface area contributed by atoms with Gasteiger partial charge in [-0.2, -0.15) is 35.1 Å². The van der Waals surface area contributed by atoms with Crippen LogP contribution in [0.25, 0.3) is 44.5 Å². The van der Waals surface area contributed by atoms with Gasteiger partial charge in [0.1, 0.15) is 50.7 Å². The molecule has 47 heteroatoms. The maximum absolute atomic E-state index is 13.2. The van der Waals surface area contributed by atoms with E-state index in [-0.39, 0.29) is 166 Å². The molecule has 0 fully saturated rings. The molecule has 148 heavy (non-hydrogen) atoms. The molecule has 13 aromatic rings. The minimum Gasteiger partial charge on any atom is -0.490 e. The summed E-state index contributed by atoms with van der Waals surface area (Å²) >= 11 is 3.21. The van der Waals surface area contributed by atoms with Gasteiger partial charge in [0.2, 0.25) is 0 Å². The van der Waals surface area contributed by atoms with Gasteiger partial charge in [0, 0.05) is 134 Å². The predicted molar refractivity (Wildman–Crippen MR) is 550 cm³/mol. The number of pyridine rings is 4. The summed E-state index contributed by atoms with van der Waals surface area (Å²) in [6.07, 6.45) is 10.8. The molecule has 0 saturated heterocycles. The number of anilines is 1. The molecule has 5 aromatic heterocycles. The summed E-state index contributed by atoms with van der Waals surface area (Å²) in [7, 11) is -15.3. The summed E-state index contributed by atoms with van der Waals surface area (Å²) in [5, 5.41) is 40.8. The summed E-state index contributed by atoms with van der Waals surface area (Å²) < 4.78 is 241. The Morgan fingerprint density at radius 2 is 0.716 bits per heavy atom. The molecule has 0 aliphatic heterocycles. The Bertz CT molecular complexity index is 7230. The molecule has 4 atom stereocenters. The van der Waals surface area contributed by atoms with Crippen molar-refractivity contribution in [1.29, 1.82) is 0 Å². The molecule has 0 radical (unpaired) electrons. The van der Waals surface area contributed by atoms with Crippen LogP contribution in [0.15, 0.2) is 228 Å². The van der Waals surface area contributed by atoms with E-state index in [1.54, 1.807) is 90.3 Å². The van der Waals surface area contributed by atoms with Gasteiger partial charge in [-0.15, -0.1) is 0 Å². The molecule has 5 heterocycles. The van der Waals surface area contributed by atoms with Crippen molar-refractivity contribution in [2.45, 2.75) is 125 Å². The van der Waals surface area contributed by atoms with Crippen molar-refractivity contribution in [3.8, 4) is 79.4 Å². The fraction of sp³-hybridized carbons (Fsp3) is 0.307. The topological polar surface area (TPSA) is 453 Å². The fourth-order valence-electron chi connectivity index (χ4n) is 15.8. The number of nitrogens with two attached hydrogens (primary N) is 1. The molecule has 13 rings (SSSR count). The number of hydrogen-bond acceptors (Lipinski definition) is 28. The Morgan fingerprint density at radius 3 is 1.04 bits per heavy atom. The van der Waals surface area contributed by atoms with Gasteiger partial charge in [-0.1, -0.05) is 146 Å². The molecule has 0 aliphatic rings. The van der Waals surface area contributed by atoms with Crippen LogP contribution in [0.3, 0.4) is 0 Å². The molecule has 8 aromatic carbocycles. The standard InChI is InChI=1S/C25H25F2N3O5S.C25H26F2N2O6S.C25H28F2N2O4S.C19H21BrF2N2O6S.C6H7BO2.CH3.W/c1-4-34-21-12-17(10-11-20(21)35-24(26)27)19(14-36(3,32)33)30-23-22(29-25(30)31)15(2)18(13-28-23)16-8-6-5-7-9-16;1-4-34-23-13-18(10-11-22(23)35-25(26)27)19(15-36(3,32)33)12-21-24(29(30)31)16(2)20(14-28-21)17-8-6-5-7-9-17;1-4-32-23-13-18(10-11-22(23)33-25(26)27)19(15-34(3,30)31)12-21-24(28)16(2)20(14-29-21)17-8-6-5-7-9-17;1-4-29-17-8-12(5-6-16(17)30-19(21)22)13(10-31(3,27)28)7-15-18(24(25)26)11(2)14(20)9-23-15;8-7(9)6-4-2-1-3-5-6;;/h5-13,19,24H,4,14H2,1-3H3,(H,29,31);5-11,13-14,19,25H,4,12,15H2,1-3H3;5-11,13-14,19,25H,4,12,15,28H2,1-3H3;5-6,8-9,13,19H,4,7,10H2,1-3H3;1-5,8-9H;1H3;/q;;;;;-1;. The number of imidazole rings is 1. The van der Waals surface area contributed by atoms with Crippen LogP contribution < -0.4 is 54.8 Å². The Kier molecular flexibility index (Phi) is 46.0. The summed E-state index contributed by atoms with van der Waals surface area (Å²) in [6.45, 7) is 2.16. The van der Waals surface area contributed by atoms with E-state index in [4.69, 9.17) is 34.7 Å². The number of nitro groups is 2. The van der Waals surface area contributed by atoms with Gasteiger partial charge in [-0.25, -0.2) is 43.4 Å². The number of fused-ring (bicyclic) bond motifs is 1. The van der Waals surface area contributed by atoms with Crippen LogP contribution in [0.1, 0.15) is 113 Å². The van der Waals surface area contributed by atoms with Crippen molar-refractivity contribution in [2.24, 2.45) is 0 Å². The molecule has 0 amide bonds. The van der Waals surface area contributed by atoms with Gasteiger partial charge in [0.25, 0.3) is 11.4 Å². The number of aryl methyl sites for hydroxylation is 1. The van der Waals surface area contributed by atoms with Gasteiger partial charge in [-0.3, -0.25) is 39.7 Å². The van der Waals surface area contributed by atoms with Crippen molar-refractivity contribution in [3.63, 3.8) is 0 Å². The Labute approximate surface area is 874 Å². The first-order valence-electron chi connectivity index (χ1n) is 44.8. The summed E-state index contributed by atoms with van der Waals surface area (Å²) in [5.41, 5.74) is 17.2. The van der Waals surface area contributed by atoms with Gasteiger partial charge in [-0.05, 0) is 182 Å². The van der Waals surface area contributed by atoms with Crippen LogP contribution in [-0.4, -0.2) is 191 Å². The van der Waals surface area contributed by atoms with Crippen LogP contribution in [0, 0.1) is 55.4 Å². The van der Waals surface area contributed by atoms with Crippen LogP contribution in [0.4, 0.5) is 52.2 Å². The number of benzene rings is 8. The van der Waals surface area contributed by atoms with Crippen molar-refractivity contribution >= 4 is 96.1 Å². The van der Waals surface area contributed by atoms with E-state index in [0.717, 1.165) is 64.0 Å².